The maximum absolute atomic E-state index is 12.5. The first kappa shape index (κ1) is 20.6. The number of phenols is 1. The largest absolute Gasteiger partial charge is 0.508 e. The third-order valence-electron chi connectivity index (χ3n) is 3.58. The number of carbonyl (C=O) groups is 2. The Hall–Kier alpha value is -2.70. The van der Waals surface area contributed by atoms with Gasteiger partial charge in [-0.25, -0.2) is 14.5 Å². The van der Waals surface area contributed by atoms with Crippen LogP contribution in [0.5, 0.6) is 5.75 Å². The highest BCUT2D eigenvalue weighted by molar-refractivity contribution is 5.88. The first-order valence-electron chi connectivity index (χ1n) is 8.88. The first-order valence-corrected chi connectivity index (χ1v) is 8.88. The van der Waals surface area contributed by atoms with E-state index in [2.05, 4.69) is 4.98 Å². The number of hydrogen-bond donors (Lipinski definition) is 2. The van der Waals surface area contributed by atoms with Crippen molar-refractivity contribution < 1.29 is 24.2 Å². The molecule has 0 saturated carbocycles. The van der Waals surface area contributed by atoms with E-state index in [1.54, 1.807) is 65.9 Å². The molecule has 2 aromatic rings. The summed E-state index contributed by atoms with van der Waals surface area (Å²) in [5.74, 6) is 0.152. The lowest BCUT2D eigenvalue weighted by Gasteiger charge is -2.28. The number of nitrogens with zero attached hydrogens (tertiary/aromatic N) is 1. The van der Waals surface area contributed by atoms with Crippen LogP contribution in [0.1, 0.15) is 47.1 Å². The van der Waals surface area contributed by atoms with E-state index in [0.29, 0.717) is 6.42 Å². The monoisotopic (exact) mass is 376 g/mol. The highest BCUT2D eigenvalue weighted by atomic mass is 16.6. The lowest BCUT2D eigenvalue weighted by Crippen LogP contribution is -2.44. The minimum absolute atomic E-state index is 0.0897. The molecular weight excluding hydrogens is 348 g/mol. The van der Waals surface area contributed by atoms with Gasteiger partial charge >= 0.3 is 12.2 Å². The van der Waals surface area contributed by atoms with Crippen molar-refractivity contribution in [2.24, 2.45) is 0 Å². The smallest absolute Gasteiger partial charge is 0.419 e. The highest BCUT2D eigenvalue weighted by Gasteiger charge is 2.31. The highest BCUT2D eigenvalue weighted by Crippen LogP contribution is 2.24. The van der Waals surface area contributed by atoms with Crippen molar-refractivity contribution in [3.8, 4) is 5.75 Å². The Labute approximate surface area is 159 Å². The van der Waals surface area contributed by atoms with E-state index in [0.717, 1.165) is 21.4 Å². The zero-order valence-corrected chi connectivity index (χ0v) is 16.8. The van der Waals surface area contributed by atoms with Crippen LogP contribution in [0.3, 0.4) is 0 Å². The van der Waals surface area contributed by atoms with Crippen molar-refractivity contribution in [3.05, 3.63) is 30.0 Å². The normalized spacial score (nSPS) is 12.1. The van der Waals surface area contributed by atoms with Crippen LogP contribution in [0, 0.1) is 0 Å². The van der Waals surface area contributed by atoms with Crippen molar-refractivity contribution in [1.29, 1.82) is 0 Å². The van der Waals surface area contributed by atoms with E-state index in [1.807, 2.05) is 0 Å². The number of benzene rings is 1. The summed E-state index contributed by atoms with van der Waals surface area (Å²) >= 11 is 0. The van der Waals surface area contributed by atoms with Crippen LogP contribution in [-0.2, 0) is 15.9 Å². The number of imide groups is 1. The van der Waals surface area contributed by atoms with E-state index in [1.165, 1.54) is 0 Å². The Morgan fingerprint density at radius 1 is 1.04 bits per heavy atom. The van der Waals surface area contributed by atoms with E-state index >= 15 is 0 Å². The van der Waals surface area contributed by atoms with Gasteiger partial charge in [-0.1, -0.05) is 0 Å². The zero-order valence-electron chi connectivity index (χ0n) is 16.8. The van der Waals surface area contributed by atoms with Gasteiger partial charge in [0.25, 0.3) is 0 Å². The molecule has 0 aliphatic heterocycles. The van der Waals surface area contributed by atoms with Crippen molar-refractivity contribution in [1.82, 2.24) is 9.88 Å². The molecule has 2 N–H and O–H groups in total. The summed E-state index contributed by atoms with van der Waals surface area (Å²) in [6.07, 6.45) is 0.688. The minimum atomic E-state index is -0.751. The summed E-state index contributed by atoms with van der Waals surface area (Å²) in [5.41, 5.74) is 0.273. The summed E-state index contributed by atoms with van der Waals surface area (Å²) in [4.78, 5) is 29.1. The summed E-state index contributed by atoms with van der Waals surface area (Å²) in [5, 5.41) is 10.5. The number of aromatic hydroxyl groups is 1. The molecule has 0 bridgehead atoms. The van der Waals surface area contributed by atoms with Gasteiger partial charge in [-0.05, 0) is 71.7 Å². The lowest BCUT2D eigenvalue weighted by atomic mass is 10.1. The van der Waals surface area contributed by atoms with E-state index in [4.69, 9.17) is 9.47 Å². The third kappa shape index (κ3) is 5.91. The molecule has 0 spiro atoms. The van der Waals surface area contributed by atoms with Gasteiger partial charge in [0.2, 0.25) is 0 Å². The molecule has 7 heteroatoms. The van der Waals surface area contributed by atoms with Gasteiger partial charge < -0.3 is 19.6 Å². The van der Waals surface area contributed by atoms with Gasteiger partial charge in [0.1, 0.15) is 17.0 Å². The fourth-order valence-corrected chi connectivity index (χ4v) is 2.50. The van der Waals surface area contributed by atoms with Crippen molar-refractivity contribution in [3.63, 3.8) is 0 Å². The van der Waals surface area contributed by atoms with Crippen LogP contribution in [0.4, 0.5) is 9.59 Å². The summed E-state index contributed by atoms with van der Waals surface area (Å²) in [6.45, 7) is 10.5. The van der Waals surface area contributed by atoms with Crippen molar-refractivity contribution in [2.75, 3.05) is 6.54 Å². The predicted molar refractivity (Wildman–Crippen MR) is 103 cm³/mol. The number of fused-ring (bicyclic) bond motifs is 1. The predicted octanol–water partition coefficient (Wildman–Crippen LogP) is 4.59. The quantitative estimate of drug-likeness (QED) is 0.817. The molecule has 0 saturated heterocycles. The summed E-state index contributed by atoms with van der Waals surface area (Å²) < 4.78 is 10.7. The van der Waals surface area contributed by atoms with Gasteiger partial charge in [-0.2, -0.15) is 0 Å². The molecule has 0 aliphatic rings. The molecule has 2 rings (SSSR count). The van der Waals surface area contributed by atoms with Gasteiger partial charge in [0, 0.05) is 23.6 Å². The number of H-pyrrole nitrogens is 1. The van der Waals surface area contributed by atoms with Gasteiger partial charge in [-0.3, -0.25) is 0 Å². The minimum Gasteiger partial charge on any atom is -0.508 e. The number of carbonyl (C=O) groups excluding carboxylic acids is 2. The molecule has 148 valence electrons. The topological polar surface area (TPSA) is 91.9 Å². The van der Waals surface area contributed by atoms with E-state index < -0.39 is 23.4 Å². The van der Waals surface area contributed by atoms with E-state index in [9.17, 15) is 14.7 Å². The second kappa shape index (κ2) is 7.50. The standard InChI is InChI=1S/C20H28N2O5/c1-19(2,3)26-17(24)22(18(25)27-20(4,5)6)10-9-13-12-21-16-8-7-14(23)11-15(13)16/h7-8,11-12,21,23H,9-10H2,1-6H3. The third-order valence-corrected chi connectivity index (χ3v) is 3.58. The van der Waals surface area contributed by atoms with Crippen LogP contribution in [-0.4, -0.2) is 44.9 Å². The number of amides is 2. The Kier molecular flexibility index (Phi) is 5.73. The number of aromatic amines is 1. The zero-order chi connectivity index (χ0) is 20.4. The molecule has 0 unspecified atom stereocenters. The second-order valence-corrected chi connectivity index (χ2v) is 8.41. The molecule has 0 aliphatic carbocycles. The van der Waals surface area contributed by atoms with Crippen LogP contribution in [0.2, 0.25) is 0 Å². The molecule has 0 radical (unpaired) electrons. The molecule has 0 fully saturated rings. The van der Waals surface area contributed by atoms with Crippen LogP contribution in [0.25, 0.3) is 10.9 Å². The fraction of sp³-hybridized carbons (Fsp3) is 0.500. The number of aromatic nitrogens is 1. The Morgan fingerprint density at radius 2 is 1.59 bits per heavy atom. The first-order chi connectivity index (χ1) is 12.4. The number of hydrogen-bond acceptors (Lipinski definition) is 5. The van der Waals surface area contributed by atoms with Crippen molar-refractivity contribution in [2.45, 2.75) is 59.2 Å². The SMILES string of the molecule is CC(C)(C)OC(=O)N(CCc1c[nH]c2ccc(O)cc12)C(=O)OC(C)(C)C. The summed E-state index contributed by atoms with van der Waals surface area (Å²) in [6, 6.07) is 5.01. The molecule has 0 atom stereocenters. The van der Waals surface area contributed by atoms with Gasteiger partial charge in [0.05, 0.1) is 0 Å². The Bertz CT molecular complexity index is 799. The Balaban J connectivity index is 2.21. The van der Waals surface area contributed by atoms with Crippen LogP contribution in [0.15, 0.2) is 24.4 Å². The average molecular weight is 376 g/mol. The fourth-order valence-electron chi connectivity index (χ4n) is 2.50. The maximum Gasteiger partial charge on any atom is 0.419 e. The van der Waals surface area contributed by atoms with Gasteiger partial charge in [-0.15, -0.1) is 0 Å². The second-order valence-electron chi connectivity index (χ2n) is 8.41. The molecule has 1 aromatic carbocycles. The number of phenolic OH excluding ortho intramolecular Hbond substituents is 1. The van der Waals surface area contributed by atoms with Gasteiger partial charge in [0.15, 0.2) is 0 Å². The van der Waals surface area contributed by atoms with E-state index in [-0.39, 0.29) is 12.3 Å². The molecule has 2 amide bonds. The molecule has 1 aromatic heterocycles. The molecule has 7 nitrogen and oxygen atoms in total. The maximum atomic E-state index is 12.5. The van der Waals surface area contributed by atoms with Crippen LogP contribution >= 0.6 is 0 Å². The molecular formula is C20H28N2O5. The van der Waals surface area contributed by atoms with Crippen molar-refractivity contribution >= 4 is 23.1 Å². The number of ether oxygens (including phenoxy) is 2. The molecule has 27 heavy (non-hydrogen) atoms. The summed E-state index contributed by atoms with van der Waals surface area (Å²) in [7, 11) is 0. The lowest BCUT2D eigenvalue weighted by molar-refractivity contribution is 0.00172. The number of nitrogens with one attached hydrogen (secondary N) is 1. The average Bonchev–Trinajstić information content (AvgIpc) is 2.86. The molecule has 1 heterocycles. The number of rotatable bonds is 3. The van der Waals surface area contributed by atoms with Crippen LogP contribution < -0.4 is 0 Å². The Morgan fingerprint density at radius 3 is 2.11 bits per heavy atom.